The summed E-state index contributed by atoms with van der Waals surface area (Å²) >= 11 is 0. The predicted molar refractivity (Wildman–Crippen MR) is 85.0 cm³/mol. The fourth-order valence-electron chi connectivity index (χ4n) is 4.19. The van der Waals surface area contributed by atoms with Gasteiger partial charge in [-0.2, -0.15) is 5.26 Å². The zero-order valence-corrected chi connectivity index (χ0v) is 13.6. The Morgan fingerprint density at radius 3 is 2.48 bits per heavy atom. The zero-order chi connectivity index (χ0) is 14.9. The molecule has 1 N–H and O–H groups in total. The van der Waals surface area contributed by atoms with E-state index in [2.05, 4.69) is 35.2 Å². The van der Waals surface area contributed by atoms with Crippen molar-refractivity contribution in [1.29, 1.82) is 5.26 Å². The molecule has 4 heteroatoms. The second-order valence-electron chi connectivity index (χ2n) is 7.34. The molecule has 2 aliphatic carbocycles. The van der Waals surface area contributed by atoms with Gasteiger partial charge in [-0.1, -0.05) is 6.92 Å². The lowest BCUT2D eigenvalue weighted by Crippen LogP contribution is -2.48. The highest BCUT2D eigenvalue weighted by molar-refractivity contribution is 5.15. The second-order valence-corrected chi connectivity index (χ2v) is 7.34. The third-order valence-electron chi connectivity index (χ3n) is 5.92. The first-order chi connectivity index (χ1) is 10.2. The first kappa shape index (κ1) is 15.3. The molecule has 2 atom stereocenters. The van der Waals surface area contributed by atoms with Crippen LogP contribution < -0.4 is 5.32 Å². The van der Waals surface area contributed by atoms with Crippen LogP contribution in [-0.4, -0.2) is 60.1 Å². The molecule has 0 aromatic heterocycles. The van der Waals surface area contributed by atoms with Crippen molar-refractivity contribution >= 4 is 0 Å². The van der Waals surface area contributed by atoms with Gasteiger partial charge in [0.15, 0.2) is 0 Å². The van der Waals surface area contributed by atoms with Crippen molar-refractivity contribution in [1.82, 2.24) is 15.1 Å². The van der Waals surface area contributed by atoms with Crippen LogP contribution in [-0.2, 0) is 0 Å². The van der Waals surface area contributed by atoms with Gasteiger partial charge in [0.2, 0.25) is 0 Å². The molecule has 1 saturated heterocycles. The van der Waals surface area contributed by atoms with E-state index in [0.29, 0.717) is 18.1 Å². The van der Waals surface area contributed by atoms with Gasteiger partial charge in [0, 0.05) is 18.1 Å². The Labute approximate surface area is 129 Å². The molecular formula is C17H30N4. The fraction of sp³-hybridized carbons (Fsp3) is 0.941. The summed E-state index contributed by atoms with van der Waals surface area (Å²) < 4.78 is 0. The molecule has 0 spiro atoms. The standard InChI is InChI=1S/C17H30N4/c1-3-21-10-7-15(8-11-21)20(2)16-6-9-17(12-16,13-18)19-14-4-5-14/h14-16,19H,3-12H2,1-2H3. The first-order valence-corrected chi connectivity index (χ1v) is 8.79. The molecule has 0 amide bonds. The van der Waals surface area contributed by atoms with Crippen molar-refractivity contribution in [2.45, 2.75) is 75.5 Å². The van der Waals surface area contributed by atoms with Crippen LogP contribution in [0.5, 0.6) is 0 Å². The van der Waals surface area contributed by atoms with Crippen LogP contribution >= 0.6 is 0 Å². The van der Waals surface area contributed by atoms with Crippen molar-refractivity contribution in [3.05, 3.63) is 0 Å². The lowest BCUT2D eigenvalue weighted by Gasteiger charge is -2.39. The summed E-state index contributed by atoms with van der Waals surface area (Å²) in [6.45, 7) is 5.92. The molecule has 3 rings (SSSR count). The number of rotatable bonds is 5. The van der Waals surface area contributed by atoms with E-state index in [9.17, 15) is 5.26 Å². The van der Waals surface area contributed by atoms with Crippen LogP contribution in [0, 0.1) is 11.3 Å². The Kier molecular flexibility index (Phi) is 4.54. The van der Waals surface area contributed by atoms with Gasteiger partial charge in [-0.05, 0) is 71.6 Å². The highest BCUT2D eigenvalue weighted by Gasteiger charge is 2.44. The molecule has 3 fully saturated rings. The van der Waals surface area contributed by atoms with Gasteiger partial charge in [0.25, 0.3) is 0 Å². The second kappa shape index (κ2) is 6.24. The third-order valence-corrected chi connectivity index (χ3v) is 5.92. The Balaban J connectivity index is 1.54. The summed E-state index contributed by atoms with van der Waals surface area (Å²) in [5.74, 6) is 0. The van der Waals surface area contributed by atoms with Crippen LogP contribution in [0.2, 0.25) is 0 Å². The Bertz CT molecular complexity index is 392. The molecule has 0 aromatic rings. The summed E-state index contributed by atoms with van der Waals surface area (Å²) in [7, 11) is 2.29. The highest BCUT2D eigenvalue weighted by Crippen LogP contribution is 2.37. The van der Waals surface area contributed by atoms with Gasteiger partial charge in [-0.15, -0.1) is 0 Å². The average molecular weight is 290 g/mol. The smallest absolute Gasteiger partial charge is 0.108 e. The van der Waals surface area contributed by atoms with Crippen molar-refractivity contribution in [3.63, 3.8) is 0 Å². The van der Waals surface area contributed by atoms with Crippen molar-refractivity contribution in [2.75, 3.05) is 26.7 Å². The topological polar surface area (TPSA) is 42.3 Å². The van der Waals surface area contributed by atoms with Gasteiger partial charge < -0.3 is 9.80 Å². The number of piperidine rings is 1. The third kappa shape index (κ3) is 3.41. The molecule has 1 aliphatic heterocycles. The van der Waals surface area contributed by atoms with E-state index in [4.69, 9.17) is 0 Å². The molecule has 3 aliphatic rings. The number of nitrogens with one attached hydrogen (secondary N) is 1. The number of hydrogen-bond donors (Lipinski definition) is 1. The lowest BCUT2D eigenvalue weighted by molar-refractivity contribution is 0.0980. The molecule has 2 unspecified atom stereocenters. The minimum atomic E-state index is -0.232. The van der Waals surface area contributed by atoms with Crippen LogP contribution in [0.1, 0.15) is 51.9 Å². The maximum Gasteiger partial charge on any atom is 0.108 e. The largest absolute Gasteiger partial charge is 0.303 e. The Hall–Kier alpha value is -0.630. The highest BCUT2D eigenvalue weighted by atomic mass is 15.2. The van der Waals surface area contributed by atoms with Gasteiger partial charge >= 0.3 is 0 Å². The molecule has 4 nitrogen and oxygen atoms in total. The van der Waals surface area contributed by atoms with Crippen LogP contribution in [0.4, 0.5) is 0 Å². The first-order valence-electron chi connectivity index (χ1n) is 8.79. The van der Waals surface area contributed by atoms with E-state index < -0.39 is 0 Å². The van der Waals surface area contributed by atoms with Gasteiger partial charge in [-0.3, -0.25) is 5.32 Å². The van der Waals surface area contributed by atoms with Crippen molar-refractivity contribution < 1.29 is 0 Å². The number of likely N-dealkylation sites (tertiary alicyclic amines) is 1. The minimum absolute atomic E-state index is 0.232. The van der Waals surface area contributed by atoms with Crippen LogP contribution in [0.25, 0.3) is 0 Å². The maximum atomic E-state index is 9.63. The average Bonchev–Trinajstić information content (AvgIpc) is 3.24. The Morgan fingerprint density at radius 2 is 1.90 bits per heavy atom. The van der Waals surface area contributed by atoms with Crippen molar-refractivity contribution in [3.8, 4) is 6.07 Å². The summed E-state index contributed by atoms with van der Waals surface area (Å²) in [5.41, 5.74) is -0.232. The predicted octanol–water partition coefficient (Wildman–Crippen LogP) is 1.97. The van der Waals surface area contributed by atoms with Gasteiger partial charge in [0.1, 0.15) is 5.54 Å². The quantitative estimate of drug-likeness (QED) is 0.840. The van der Waals surface area contributed by atoms with E-state index in [1.165, 1.54) is 51.7 Å². The summed E-state index contributed by atoms with van der Waals surface area (Å²) in [5, 5.41) is 13.3. The Morgan fingerprint density at radius 1 is 1.19 bits per heavy atom. The van der Waals surface area contributed by atoms with E-state index in [-0.39, 0.29) is 5.54 Å². The van der Waals surface area contributed by atoms with E-state index >= 15 is 0 Å². The van der Waals surface area contributed by atoms with Gasteiger partial charge in [0.05, 0.1) is 6.07 Å². The normalized spacial score (nSPS) is 35.2. The van der Waals surface area contributed by atoms with E-state index in [0.717, 1.165) is 12.8 Å². The molecule has 0 bridgehead atoms. The molecule has 0 aromatic carbocycles. The molecule has 21 heavy (non-hydrogen) atoms. The fourth-order valence-corrected chi connectivity index (χ4v) is 4.19. The van der Waals surface area contributed by atoms with E-state index in [1.807, 2.05) is 0 Å². The van der Waals surface area contributed by atoms with Crippen LogP contribution in [0.3, 0.4) is 0 Å². The number of nitrogens with zero attached hydrogens (tertiary/aromatic N) is 3. The molecule has 1 heterocycles. The summed E-state index contributed by atoms with van der Waals surface area (Å²) in [6, 6.07) is 4.54. The summed E-state index contributed by atoms with van der Waals surface area (Å²) in [6.07, 6.45) is 8.33. The summed E-state index contributed by atoms with van der Waals surface area (Å²) in [4.78, 5) is 5.15. The van der Waals surface area contributed by atoms with E-state index in [1.54, 1.807) is 0 Å². The SMILES string of the molecule is CCN1CCC(N(C)C2CCC(C#N)(NC3CC3)C2)CC1. The van der Waals surface area contributed by atoms with Crippen molar-refractivity contribution in [2.24, 2.45) is 0 Å². The zero-order valence-electron chi connectivity index (χ0n) is 13.6. The van der Waals surface area contributed by atoms with Gasteiger partial charge in [-0.25, -0.2) is 0 Å². The monoisotopic (exact) mass is 290 g/mol. The minimum Gasteiger partial charge on any atom is -0.303 e. The molecule has 0 radical (unpaired) electrons. The molecule has 118 valence electrons. The van der Waals surface area contributed by atoms with Crippen LogP contribution in [0.15, 0.2) is 0 Å². The molecule has 2 saturated carbocycles. The molecular weight excluding hydrogens is 260 g/mol. The lowest BCUT2D eigenvalue weighted by atomic mass is 9.97. The number of nitriles is 1. The number of hydrogen-bond acceptors (Lipinski definition) is 4. The maximum absolute atomic E-state index is 9.63.